The van der Waals surface area contributed by atoms with Gasteiger partial charge in [0, 0.05) is 32.6 Å². The highest BCUT2D eigenvalue weighted by Crippen LogP contribution is 2.23. The van der Waals surface area contributed by atoms with Crippen molar-refractivity contribution in [3.8, 4) is 0 Å². The number of hydrogen-bond donors (Lipinski definition) is 1. The third kappa shape index (κ3) is 6.10. The molecule has 0 unspecified atom stereocenters. The predicted molar refractivity (Wildman–Crippen MR) is 112 cm³/mol. The van der Waals surface area contributed by atoms with Crippen molar-refractivity contribution in [1.29, 1.82) is 0 Å². The van der Waals surface area contributed by atoms with Gasteiger partial charge in [-0.05, 0) is 26.3 Å². The van der Waals surface area contributed by atoms with Crippen molar-refractivity contribution in [3.05, 3.63) is 35.9 Å². The monoisotopic (exact) mass is 433 g/mol. The van der Waals surface area contributed by atoms with E-state index in [-0.39, 0.29) is 25.5 Å². The lowest BCUT2D eigenvalue weighted by Crippen LogP contribution is -2.55. The molecule has 0 bridgehead atoms. The molecule has 0 aromatic heterocycles. The number of nitrogens with zero attached hydrogens (tertiary/aromatic N) is 3. The number of rotatable bonds is 3. The van der Waals surface area contributed by atoms with Crippen LogP contribution < -0.4 is 0 Å². The molecule has 2 atom stereocenters. The summed E-state index contributed by atoms with van der Waals surface area (Å²) in [5.41, 5.74) is 0.218. The van der Waals surface area contributed by atoms with Crippen LogP contribution in [0.15, 0.2) is 30.3 Å². The Balaban J connectivity index is 1.51. The van der Waals surface area contributed by atoms with E-state index in [1.54, 1.807) is 30.6 Å². The van der Waals surface area contributed by atoms with Gasteiger partial charge in [-0.3, -0.25) is 9.69 Å². The Morgan fingerprint density at radius 1 is 1.00 bits per heavy atom. The van der Waals surface area contributed by atoms with Crippen molar-refractivity contribution >= 4 is 18.1 Å². The molecule has 9 heteroatoms. The maximum Gasteiger partial charge on any atom is 0.411 e. The lowest BCUT2D eigenvalue weighted by atomic mass is 10.1. The summed E-state index contributed by atoms with van der Waals surface area (Å²) >= 11 is 0. The van der Waals surface area contributed by atoms with Gasteiger partial charge in [-0.2, -0.15) is 0 Å². The molecule has 2 aliphatic rings. The molecule has 31 heavy (non-hydrogen) atoms. The van der Waals surface area contributed by atoms with Gasteiger partial charge in [0.1, 0.15) is 18.2 Å². The Hall–Kier alpha value is -2.81. The third-order valence-corrected chi connectivity index (χ3v) is 5.25. The normalized spacial score (nSPS) is 21.7. The van der Waals surface area contributed by atoms with E-state index in [1.165, 1.54) is 4.90 Å². The summed E-state index contributed by atoms with van der Waals surface area (Å²) in [6.45, 7) is 6.91. The number of carbonyl (C=O) groups excluding carboxylic acids is 3. The fraction of sp³-hybridized carbons (Fsp3) is 0.591. The zero-order valence-corrected chi connectivity index (χ0v) is 18.3. The number of piperazine rings is 1. The number of hydrogen-bond acceptors (Lipinski definition) is 6. The van der Waals surface area contributed by atoms with E-state index in [2.05, 4.69) is 0 Å². The summed E-state index contributed by atoms with van der Waals surface area (Å²) in [6.07, 6.45) is -1.61. The van der Waals surface area contributed by atoms with Crippen molar-refractivity contribution in [2.24, 2.45) is 0 Å². The van der Waals surface area contributed by atoms with Gasteiger partial charge in [0.05, 0.1) is 12.6 Å². The second-order valence-corrected chi connectivity index (χ2v) is 8.89. The minimum absolute atomic E-state index is 0.0666. The van der Waals surface area contributed by atoms with Crippen LogP contribution in [-0.2, 0) is 20.9 Å². The van der Waals surface area contributed by atoms with E-state index >= 15 is 0 Å². The van der Waals surface area contributed by atoms with Crippen LogP contribution in [0, 0.1) is 0 Å². The molecule has 0 radical (unpaired) electrons. The van der Waals surface area contributed by atoms with Gasteiger partial charge >= 0.3 is 12.2 Å². The Morgan fingerprint density at radius 3 is 2.23 bits per heavy atom. The summed E-state index contributed by atoms with van der Waals surface area (Å²) in [5, 5.41) is 10.0. The molecule has 1 aromatic carbocycles. The maximum absolute atomic E-state index is 13.0. The molecule has 1 N–H and O–H groups in total. The summed E-state index contributed by atoms with van der Waals surface area (Å²) in [7, 11) is 0. The number of amides is 3. The Labute approximate surface area is 182 Å². The molecular formula is C22H31N3O6. The van der Waals surface area contributed by atoms with E-state index < -0.39 is 29.9 Å². The first kappa shape index (κ1) is 22.9. The number of ether oxygens (including phenoxy) is 2. The minimum Gasteiger partial charge on any atom is -0.445 e. The molecule has 0 saturated carbocycles. The zero-order valence-electron chi connectivity index (χ0n) is 18.3. The first-order valence-electron chi connectivity index (χ1n) is 10.6. The van der Waals surface area contributed by atoms with Gasteiger partial charge in [0.25, 0.3) is 0 Å². The lowest BCUT2D eigenvalue weighted by molar-refractivity contribution is -0.137. The number of carbonyl (C=O) groups is 3. The molecule has 0 spiro atoms. The number of aliphatic hydroxyl groups is 1. The van der Waals surface area contributed by atoms with E-state index in [1.807, 2.05) is 30.3 Å². The SMILES string of the molecule is CC(C)(C)OC(=O)N1C[C@H](O)C[C@H]1C(=O)N1CCN(C(=O)OCc2ccccc2)CC1. The molecule has 2 aliphatic heterocycles. The highest BCUT2D eigenvalue weighted by atomic mass is 16.6. The zero-order chi connectivity index (χ0) is 22.6. The molecule has 2 saturated heterocycles. The molecule has 0 aliphatic carbocycles. The number of β-amino-alcohol motifs (C(OH)–C–C–N with tert-alkyl or cyclic N) is 1. The fourth-order valence-corrected chi connectivity index (χ4v) is 3.70. The molecular weight excluding hydrogens is 402 g/mol. The molecule has 9 nitrogen and oxygen atoms in total. The average Bonchev–Trinajstić information content (AvgIpc) is 3.13. The second kappa shape index (κ2) is 9.55. The smallest absolute Gasteiger partial charge is 0.411 e. The van der Waals surface area contributed by atoms with Crippen molar-refractivity contribution < 1.29 is 29.0 Å². The summed E-state index contributed by atoms with van der Waals surface area (Å²) in [6, 6.07) is 8.67. The van der Waals surface area contributed by atoms with Crippen LogP contribution >= 0.6 is 0 Å². The van der Waals surface area contributed by atoms with Gasteiger partial charge in [0.2, 0.25) is 5.91 Å². The van der Waals surface area contributed by atoms with Crippen LogP contribution in [0.4, 0.5) is 9.59 Å². The Morgan fingerprint density at radius 2 is 1.61 bits per heavy atom. The molecule has 2 fully saturated rings. The Bertz CT molecular complexity index is 786. The van der Waals surface area contributed by atoms with Crippen molar-refractivity contribution in [1.82, 2.24) is 14.7 Å². The van der Waals surface area contributed by atoms with Crippen LogP contribution in [-0.4, -0.2) is 88.4 Å². The standard InChI is InChI=1S/C22H31N3O6/c1-22(2,3)31-21(29)25-14-17(26)13-18(25)19(27)23-9-11-24(12-10-23)20(28)30-15-16-7-5-4-6-8-16/h4-8,17-18,26H,9-15H2,1-3H3/t17-,18+/m1/s1. The summed E-state index contributed by atoms with van der Waals surface area (Å²) in [5.74, 6) is -0.236. The van der Waals surface area contributed by atoms with Gasteiger partial charge in [-0.15, -0.1) is 0 Å². The number of benzene rings is 1. The minimum atomic E-state index is -0.768. The highest BCUT2D eigenvalue weighted by molar-refractivity contribution is 5.86. The van der Waals surface area contributed by atoms with Gasteiger partial charge in [-0.1, -0.05) is 30.3 Å². The Kier molecular flexibility index (Phi) is 7.04. The van der Waals surface area contributed by atoms with Gasteiger partial charge in [0.15, 0.2) is 0 Å². The molecule has 170 valence electrons. The summed E-state index contributed by atoms with van der Waals surface area (Å²) < 4.78 is 10.7. The average molecular weight is 434 g/mol. The van der Waals surface area contributed by atoms with E-state index in [0.717, 1.165) is 5.56 Å². The molecule has 3 amide bonds. The molecule has 1 aromatic rings. The first-order valence-corrected chi connectivity index (χ1v) is 10.6. The van der Waals surface area contributed by atoms with Gasteiger partial charge in [-0.25, -0.2) is 9.59 Å². The first-order chi connectivity index (χ1) is 14.6. The third-order valence-electron chi connectivity index (χ3n) is 5.25. The number of aliphatic hydroxyl groups excluding tert-OH is 1. The van der Waals surface area contributed by atoms with Crippen molar-refractivity contribution in [3.63, 3.8) is 0 Å². The topological polar surface area (TPSA) is 99.6 Å². The van der Waals surface area contributed by atoms with Crippen LogP contribution in [0.25, 0.3) is 0 Å². The summed E-state index contributed by atoms with van der Waals surface area (Å²) in [4.78, 5) is 42.4. The van der Waals surface area contributed by atoms with Crippen LogP contribution in [0.3, 0.4) is 0 Å². The van der Waals surface area contributed by atoms with Crippen LogP contribution in [0.5, 0.6) is 0 Å². The number of likely N-dealkylation sites (tertiary alicyclic amines) is 1. The second-order valence-electron chi connectivity index (χ2n) is 8.89. The quantitative estimate of drug-likeness (QED) is 0.781. The fourth-order valence-electron chi connectivity index (χ4n) is 3.70. The van der Waals surface area contributed by atoms with Crippen LogP contribution in [0.1, 0.15) is 32.8 Å². The van der Waals surface area contributed by atoms with Crippen molar-refractivity contribution in [2.75, 3.05) is 32.7 Å². The largest absolute Gasteiger partial charge is 0.445 e. The van der Waals surface area contributed by atoms with E-state index in [0.29, 0.717) is 26.2 Å². The van der Waals surface area contributed by atoms with Gasteiger partial charge < -0.3 is 24.4 Å². The van der Waals surface area contributed by atoms with Crippen molar-refractivity contribution in [2.45, 2.75) is 51.5 Å². The van der Waals surface area contributed by atoms with Crippen LogP contribution in [0.2, 0.25) is 0 Å². The predicted octanol–water partition coefficient (Wildman–Crippen LogP) is 1.84. The van der Waals surface area contributed by atoms with E-state index in [4.69, 9.17) is 9.47 Å². The lowest BCUT2D eigenvalue weighted by Gasteiger charge is -2.37. The van der Waals surface area contributed by atoms with E-state index in [9.17, 15) is 19.5 Å². The maximum atomic E-state index is 13.0. The molecule has 3 rings (SSSR count). The highest BCUT2D eigenvalue weighted by Gasteiger charge is 2.43. The molecule has 2 heterocycles.